The molecule has 3 heteroatoms. The van der Waals surface area contributed by atoms with Crippen LogP contribution >= 0.6 is 11.6 Å². The lowest BCUT2D eigenvalue weighted by molar-refractivity contribution is -0.104. The van der Waals surface area contributed by atoms with Gasteiger partial charge >= 0.3 is 0 Å². The normalized spacial score (nSPS) is 14.3. The maximum Gasteiger partial charge on any atom is 0.142 e. The molecule has 0 spiro atoms. The van der Waals surface area contributed by atoms with Gasteiger partial charge in [-0.15, -0.1) is 0 Å². The second kappa shape index (κ2) is 4.32. The minimum atomic E-state index is 0.485. The van der Waals surface area contributed by atoms with Crippen LogP contribution in [0, 0.1) is 0 Å². The van der Waals surface area contributed by atoms with E-state index >= 15 is 0 Å². The first kappa shape index (κ1) is 9.99. The van der Waals surface area contributed by atoms with Crippen molar-refractivity contribution in [3.63, 3.8) is 0 Å². The van der Waals surface area contributed by atoms with Gasteiger partial charge in [0.05, 0.1) is 0 Å². The molecular formula is C12H9ClO2. The van der Waals surface area contributed by atoms with E-state index in [4.69, 9.17) is 16.3 Å². The molecule has 1 heterocycles. The third-order valence-corrected chi connectivity index (χ3v) is 2.33. The summed E-state index contributed by atoms with van der Waals surface area (Å²) in [6.07, 6.45) is 5.89. The lowest BCUT2D eigenvalue weighted by Crippen LogP contribution is -2.05. The Bertz CT molecular complexity index is 447. The van der Waals surface area contributed by atoms with E-state index < -0.39 is 0 Å². The molecule has 1 aromatic carbocycles. The van der Waals surface area contributed by atoms with Crippen LogP contribution in [0.2, 0.25) is 5.02 Å². The molecule has 0 atom stereocenters. The Balaban J connectivity index is 2.35. The highest BCUT2D eigenvalue weighted by Crippen LogP contribution is 2.29. The number of halogens is 1. The number of carbonyl (C=O) groups is 1. The van der Waals surface area contributed by atoms with Crippen LogP contribution < -0.4 is 4.74 Å². The van der Waals surface area contributed by atoms with Crippen molar-refractivity contribution in [2.75, 3.05) is 6.61 Å². The monoisotopic (exact) mass is 220 g/mol. The number of allylic oxidation sites excluding steroid dienone is 1. The SMILES string of the molecule is O=CC=CC1=Cc2cc(Cl)ccc2OC1. The predicted molar refractivity (Wildman–Crippen MR) is 60.1 cm³/mol. The molecule has 0 fully saturated rings. The molecule has 1 aromatic rings. The number of hydrogen-bond donors (Lipinski definition) is 0. The van der Waals surface area contributed by atoms with Gasteiger partial charge in [-0.1, -0.05) is 17.7 Å². The molecule has 2 nitrogen and oxygen atoms in total. The van der Waals surface area contributed by atoms with Gasteiger partial charge < -0.3 is 4.74 Å². The summed E-state index contributed by atoms with van der Waals surface area (Å²) in [4.78, 5) is 10.2. The fourth-order valence-corrected chi connectivity index (χ4v) is 1.61. The molecule has 0 unspecified atom stereocenters. The quantitative estimate of drug-likeness (QED) is 0.566. The van der Waals surface area contributed by atoms with Crippen molar-refractivity contribution in [1.82, 2.24) is 0 Å². The van der Waals surface area contributed by atoms with E-state index in [9.17, 15) is 4.79 Å². The minimum absolute atomic E-state index is 0.485. The van der Waals surface area contributed by atoms with Crippen LogP contribution in [-0.4, -0.2) is 12.9 Å². The van der Waals surface area contributed by atoms with E-state index in [2.05, 4.69) is 0 Å². The van der Waals surface area contributed by atoms with E-state index in [1.165, 1.54) is 6.08 Å². The molecule has 0 N–H and O–H groups in total. The Hall–Kier alpha value is -1.54. The van der Waals surface area contributed by atoms with E-state index in [0.29, 0.717) is 11.6 Å². The van der Waals surface area contributed by atoms with Crippen molar-refractivity contribution >= 4 is 24.0 Å². The van der Waals surface area contributed by atoms with Crippen LogP contribution in [0.15, 0.2) is 35.9 Å². The fourth-order valence-electron chi connectivity index (χ4n) is 1.43. The van der Waals surface area contributed by atoms with Gasteiger partial charge in [0, 0.05) is 10.6 Å². The molecule has 2 rings (SSSR count). The van der Waals surface area contributed by atoms with E-state index in [1.807, 2.05) is 18.2 Å². The molecular weight excluding hydrogens is 212 g/mol. The molecule has 0 radical (unpaired) electrons. The zero-order valence-corrected chi connectivity index (χ0v) is 8.70. The Kier molecular flexibility index (Phi) is 2.88. The molecule has 0 aromatic heterocycles. The first-order valence-corrected chi connectivity index (χ1v) is 4.92. The van der Waals surface area contributed by atoms with Crippen LogP contribution in [0.1, 0.15) is 5.56 Å². The number of hydrogen-bond acceptors (Lipinski definition) is 2. The molecule has 0 aliphatic carbocycles. The summed E-state index contributed by atoms with van der Waals surface area (Å²) in [6.45, 7) is 0.485. The molecule has 0 bridgehead atoms. The summed E-state index contributed by atoms with van der Waals surface area (Å²) in [7, 11) is 0. The molecule has 0 amide bonds. The summed E-state index contributed by atoms with van der Waals surface area (Å²) in [5.41, 5.74) is 1.90. The first-order chi connectivity index (χ1) is 7.29. The molecule has 0 saturated heterocycles. The van der Waals surface area contributed by atoms with Crippen LogP contribution in [0.3, 0.4) is 0 Å². The minimum Gasteiger partial charge on any atom is -0.488 e. The zero-order valence-electron chi connectivity index (χ0n) is 7.94. The number of carbonyl (C=O) groups excluding carboxylic acids is 1. The smallest absolute Gasteiger partial charge is 0.142 e. The molecule has 0 saturated carbocycles. The largest absolute Gasteiger partial charge is 0.488 e. The molecule has 1 aliphatic rings. The van der Waals surface area contributed by atoms with Gasteiger partial charge in [0.15, 0.2) is 0 Å². The second-order valence-electron chi connectivity index (χ2n) is 3.19. The van der Waals surface area contributed by atoms with E-state index in [-0.39, 0.29) is 0 Å². The highest BCUT2D eigenvalue weighted by atomic mass is 35.5. The molecule has 76 valence electrons. The van der Waals surface area contributed by atoms with Gasteiger partial charge in [0.25, 0.3) is 0 Å². The van der Waals surface area contributed by atoms with Crippen molar-refractivity contribution < 1.29 is 9.53 Å². The lowest BCUT2D eigenvalue weighted by Gasteiger charge is -2.15. The van der Waals surface area contributed by atoms with Gasteiger partial charge in [-0.25, -0.2) is 0 Å². The number of ether oxygens (including phenoxy) is 1. The maximum absolute atomic E-state index is 10.2. The Morgan fingerprint density at radius 3 is 3.07 bits per heavy atom. The van der Waals surface area contributed by atoms with Crippen molar-refractivity contribution in [3.8, 4) is 5.75 Å². The molecule has 1 aliphatic heterocycles. The average molecular weight is 221 g/mol. The maximum atomic E-state index is 10.2. The number of aldehydes is 1. The van der Waals surface area contributed by atoms with Crippen LogP contribution in [0.5, 0.6) is 5.75 Å². The summed E-state index contributed by atoms with van der Waals surface area (Å²) >= 11 is 5.87. The topological polar surface area (TPSA) is 26.3 Å². The second-order valence-corrected chi connectivity index (χ2v) is 3.62. The van der Waals surface area contributed by atoms with Gasteiger partial charge in [-0.05, 0) is 35.9 Å². The summed E-state index contributed by atoms with van der Waals surface area (Å²) in [5.74, 6) is 0.822. The number of benzene rings is 1. The van der Waals surface area contributed by atoms with Crippen molar-refractivity contribution in [1.29, 1.82) is 0 Å². The van der Waals surface area contributed by atoms with Crippen molar-refractivity contribution in [2.24, 2.45) is 0 Å². The van der Waals surface area contributed by atoms with Crippen molar-refractivity contribution in [2.45, 2.75) is 0 Å². The Labute approximate surface area is 92.8 Å². The third kappa shape index (κ3) is 2.28. The van der Waals surface area contributed by atoms with E-state index in [0.717, 1.165) is 23.2 Å². The Morgan fingerprint density at radius 1 is 1.40 bits per heavy atom. The van der Waals surface area contributed by atoms with Gasteiger partial charge in [0.2, 0.25) is 0 Å². The summed E-state index contributed by atoms with van der Waals surface area (Å²) < 4.78 is 5.49. The highest BCUT2D eigenvalue weighted by Gasteiger charge is 2.09. The van der Waals surface area contributed by atoms with Gasteiger partial charge in [0.1, 0.15) is 18.6 Å². The average Bonchev–Trinajstić information content (AvgIpc) is 2.25. The summed E-state index contributed by atoms with van der Waals surface area (Å²) in [5, 5.41) is 0.675. The summed E-state index contributed by atoms with van der Waals surface area (Å²) in [6, 6.07) is 5.47. The number of fused-ring (bicyclic) bond motifs is 1. The van der Waals surface area contributed by atoms with Gasteiger partial charge in [-0.2, -0.15) is 0 Å². The Morgan fingerprint density at radius 2 is 2.27 bits per heavy atom. The predicted octanol–water partition coefficient (Wildman–Crippen LogP) is 2.87. The third-order valence-electron chi connectivity index (χ3n) is 2.10. The lowest BCUT2D eigenvalue weighted by atomic mass is 10.1. The highest BCUT2D eigenvalue weighted by molar-refractivity contribution is 6.30. The van der Waals surface area contributed by atoms with Crippen LogP contribution in [0.25, 0.3) is 6.08 Å². The van der Waals surface area contributed by atoms with Crippen molar-refractivity contribution in [3.05, 3.63) is 46.5 Å². The van der Waals surface area contributed by atoms with Crippen LogP contribution in [-0.2, 0) is 4.79 Å². The number of rotatable bonds is 2. The van der Waals surface area contributed by atoms with E-state index in [1.54, 1.807) is 12.1 Å². The zero-order chi connectivity index (χ0) is 10.7. The first-order valence-electron chi connectivity index (χ1n) is 4.54. The standard InChI is InChI=1S/C12H9ClO2/c13-11-3-4-12-10(7-11)6-9(8-15-12)2-1-5-14/h1-7H,8H2. The van der Waals surface area contributed by atoms with Gasteiger partial charge in [-0.3, -0.25) is 4.79 Å². The van der Waals surface area contributed by atoms with Crippen LogP contribution in [0.4, 0.5) is 0 Å². The molecule has 15 heavy (non-hydrogen) atoms. The fraction of sp³-hybridized carbons (Fsp3) is 0.0833.